The average molecular weight is 452 g/mol. The molecule has 33 heavy (non-hydrogen) atoms. The summed E-state index contributed by atoms with van der Waals surface area (Å²) in [6.45, 7) is 0. The summed E-state index contributed by atoms with van der Waals surface area (Å²) in [6.07, 6.45) is 3.25. The Labute approximate surface area is 191 Å². The van der Waals surface area contributed by atoms with Crippen LogP contribution in [0.2, 0.25) is 0 Å². The lowest BCUT2D eigenvalue weighted by Crippen LogP contribution is -2.05. The highest BCUT2D eigenvalue weighted by Crippen LogP contribution is 2.25. The Hall–Kier alpha value is -4.68. The van der Waals surface area contributed by atoms with Gasteiger partial charge >= 0.3 is 0 Å². The van der Waals surface area contributed by atoms with Crippen LogP contribution in [0.25, 0.3) is 23.3 Å². The first-order valence-electron chi connectivity index (χ1n) is 9.52. The second-order valence-corrected chi connectivity index (χ2v) is 8.15. The highest BCUT2D eigenvalue weighted by molar-refractivity contribution is 7.86. The predicted molar refractivity (Wildman–Crippen MR) is 125 cm³/mol. The SMILES string of the molecule is N#CC(C#N)=C(C#N)Nc1ccc(C=Cc2ccc(-c3ccccc3)cc2)c(S(=O)(=O)O)c1. The largest absolute Gasteiger partial charge is 0.345 e. The minimum absolute atomic E-state index is 0.117. The Morgan fingerprint density at radius 3 is 2.03 bits per heavy atom. The van der Waals surface area contributed by atoms with E-state index in [1.165, 1.54) is 12.1 Å². The monoisotopic (exact) mass is 452 g/mol. The van der Waals surface area contributed by atoms with Gasteiger partial charge in [-0.1, -0.05) is 72.8 Å². The molecule has 0 atom stereocenters. The molecule has 3 rings (SSSR count). The first-order valence-corrected chi connectivity index (χ1v) is 11.0. The zero-order chi connectivity index (χ0) is 23.8. The van der Waals surface area contributed by atoms with E-state index in [9.17, 15) is 13.0 Å². The van der Waals surface area contributed by atoms with Crippen molar-refractivity contribution in [2.45, 2.75) is 4.90 Å². The Balaban J connectivity index is 1.91. The summed E-state index contributed by atoms with van der Waals surface area (Å²) in [6, 6.07) is 26.4. The standard InChI is InChI=1S/C25H16N4O3S/c26-15-22(16-27)24(17-28)29-23-13-12-21(25(14-23)33(30,31)32)11-8-18-6-9-20(10-7-18)19-4-2-1-3-5-19/h1-14,29H,(H,30,31,32). The molecular formula is C25H16N4O3S. The van der Waals surface area contributed by atoms with Crippen LogP contribution in [-0.4, -0.2) is 13.0 Å². The van der Waals surface area contributed by atoms with Gasteiger partial charge in [-0.3, -0.25) is 4.55 Å². The maximum Gasteiger partial charge on any atom is 0.295 e. The second-order valence-electron chi connectivity index (χ2n) is 6.76. The van der Waals surface area contributed by atoms with Gasteiger partial charge in [-0.15, -0.1) is 0 Å². The fourth-order valence-corrected chi connectivity index (χ4v) is 3.71. The number of rotatable bonds is 6. The zero-order valence-electron chi connectivity index (χ0n) is 17.1. The number of hydrogen-bond acceptors (Lipinski definition) is 6. The molecule has 0 bridgehead atoms. The molecule has 0 unspecified atom stereocenters. The summed E-state index contributed by atoms with van der Waals surface area (Å²) in [5.74, 6) is 0. The van der Waals surface area contributed by atoms with Gasteiger partial charge in [0.25, 0.3) is 10.1 Å². The van der Waals surface area contributed by atoms with Crippen LogP contribution in [0, 0.1) is 34.0 Å². The van der Waals surface area contributed by atoms with Crippen molar-refractivity contribution >= 4 is 28.0 Å². The molecular weight excluding hydrogens is 436 g/mol. The average Bonchev–Trinajstić information content (AvgIpc) is 2.83. The Kier molecular flexibility index (Phi) is 7.03. The first kappa shape index (κ1) is 23.0. The third kappa shape index (κ3) is 5.72. The van der Waals surface area contributed by atoms with E-state index in [2.05, 4.69) is 5.32 Å². The molecule has 0 heterocycles. The van der Waals surface area contributed by atoms with E-state index in [0.29, 0.717) is 0 Å². The van der Waals surface area contributed by atoms with E-state index < -0.39 is 20.6 Å². The molecule has 2 N–H and O–H groups in total. The summed E-state index contributed by atoms with van der Waals surface area (Å²) in [5.41, 5.74) is 2.49. The third-order valence-corrected chi connectivity index (χ3v) is 5.53. The fraction of sp³-hybridized carbons (Fsp3) is 0. The van der Waals surface area contributed by atoms with Crippen LogP contribution in [0.1, 0.15) is 11.1 Å². The van der Waals surface area contributed by atoms with Gasteiger partial charge in [0.1, 0.15) is 28.8 Å². The molecule has 0 aromatic heterocycles. The van der Waals surface area contributed by atoms with Crippen molar-refractivity contribution < 1.29 is 13.0 Å². The van der Waals surface area contributed by atoms with Gasteiger partial charge in [0.15, 0.2) is 5.57 Å². The summed E-state index contributed by atoms with van der Waals surface area (Å²) in [4.78, 5) is -0.391. The van der Waals surface area contributed by atoms with Gasteiger partial charge in [-0.25, -0.2) is 0 Å². The van der Waals surface area contributed by atoms with Gasteiger partial charge in [0, 0.05) is 5.69 Å². The third-order valence-electron chi connectivity index (χ3n) is 4.62. The number of hydrogen-bond donors (Lipinski definition) is 2. The molecule has 160 valence electrons. The van der Waals surface area contributed by atoms with Crippen LogP contribution >= 0.6 is 0 Å². The van der Waals surface area contributed by atoms with Crippen molar-refractivity contribution in [1.29, 1.82) is 15.8 Å². The van der Waals surface area contributed by atoms with Crippen molar-refractivity contribution in [3.05, 3.63) is 95.2 Å². The zero-order valence-corrected chi connectivity index (χ0v) is 17.9. The van der Waals surface area contributed by atoms with Crippen molar-refractivity contribution in [2.75, 3.05) is 5.32 Å². The van der Waals surface area contributed by atoms with E-state index in [4.69, 9.17) is 15.8 Å². The molecule has 0 radical (unpaired) electrons. The number of benzene rings is 3. The van der Waals surface area contributed by atoms with Gasteiger partial charge in [0.2, 0.25) is 0 Å². The number of allylic oxidation sites excluding steroid dienone is 2. The molecule has 7 nitrogen and oxygen atoms in total. The van der Waals surface area contributed by atoms with Crippen LogP contribution in [0.15, 0.2) is 89.0 Å². The molecule has 3 aromatic carbocycles. The Bertz CT molecular complexity index is 1450. The summed E-state index contributed by atoms with van der Waals surface area (Å²) in [5, 5.41) is 29.5. The molecule has 0 aliphatic carbocycles. The van der Waals surface area contributed by atoms with E-state index in [1.807, 2.05) is 54.6 Å². The summed E-state index contributed by atoms with van der Waals surface area (Å²) < 4.78 is 33.5. The van der Waals surface area contributed by atoms with Gasteiger partial charge in [0.05, 0.1) is 0 Å². The molecule has 0 fully saturated rings. The lowest BCUT2D eigenvalue weighted by Gasteiger charge is -2.09. The van der Waals surface area contributed by atoms with Gasteiger partial charge in [-0.2, -0.15) is 24.2 Å². The van der Waals surface area contributed by atoms with E-state index in [0.717, 1.165) is 22.8 Å². The second kappa shape index (κ2) is 10.1. The topological polar surface area (TPSA) is 138 Å². The summed E-state index contributed by atoms with van der Waals surface area (Å²) in [7, 11) is -4.60. The Morgan fingerprint density at radius 1 is 0.818 bits per heavy atom. The molecule has 0 saturated carbocycles. The number of nitriles is 3. The molecule has 0 aliphatic rings. The lowest BCUT2D eigenvalue weighted by atomic mass is 10.0. The van der Waals surface area contributed by atoms with Gasteiger partial charge < -0.3 is 5.32 Å². The smallest absolute Gasteiger partial charge is 0.295 e. The van der Waals surface area contributed by atoms with Crippen LogP contribution in [0.5, 0.6) is 0 Å². The first-order chi connectivity index (χ1) is 15.9. The van der Waals surface area contributed by atoms with E-state index >= 15 is 0 Å². The lowest BCUT2D eigenvalue weighted by molar-refractivity contribution is 0.483. The molecule has 0 amide bonds. The minimum atomic E-state index is -4.60. The highest BCUT2D eigenvalue weighted by Gasteiger charge is 2.16. The molecule has 0 spiro atoms. The molecule has 8 heteroatoms. The van der Waals surface area contributed by atoms with Crippen LogP contribution < -0.4 is 5.32 Å². The quantitative estimate of drug-likeness (QED) is 0.305. The number of nitrogens with zero attached hydrogens (tertiary/aromatic N) is 3. The van der Waals surface area contributed by atoms with Crippen LogP contribution in [0.4, 0.5) is 5.69 Å². The Morgan fingerprint density at radius 2 is 1.45 bits per heavy atom. The maximum absolute atomic E-state index is 11.9. The van der Waals surface area contributed by atoms with E-state index in [-0.39, 0.29) is 16.9 Å². The number of anilines is 1. The van der Waals surface area contributed by atoms with Crippen molar-refractivity contribution in [2.24, 2.45) is 0 Å². The van der Waals surface area contributed by atoms with Gasteiger partial charge in [-0.05, 0) is 34.4 Å². The maximum atomic E-state index is 11.9. The fourth-order valence-electron chi connectivity index (χ4n) is 3.00. The summed E-state index contributed by atoms with van der Waals surface area (Å²) >= 11 is 0. The van der Waals surface area contributed by atoms with Crippen LogP contribution in [0.3, 0.4) is 0 Å². The van der Waals surface area contributed by atoms with E-state index in [1.54, 1.807) is 30.4 Å². The van der Waals surface area contributed by atoms with Crippen molar-refractivity contribution in [3.8, 4) is 29.3 Å². The number of nitrogens with one attached hydrogen (secondary N) is 1. The normalized spacial score (nSPS) is 10.6. The van der Waals surface area contributed by atoms with Crippen molar-refractivity contribution in [3.63, 3.8) is 0 Å². The molecule has 0 aliphatic heterocycles. The van der Waals surface area contributed by atoms with Crippen molar-refractivity contribution in [1.82, 2.24) is 0 Å². The predicted octanol–water partition coefficient (Wildman–Crippen LogP) is 5.01. The highest BCUT2D eigenvalue weighted by atomic mass is 32.2. The molecule has 0 saturated heterocycles. The minimum Gasteiger partial charge on any atom is -0.345 e. The molecule has 3 aromatic rings. The van der Waals surface area contributed by atoms with Crippen LogP contribution in [-0.2, 0) is 10.1 Å².